The van der Waals surface area contributed by atoms with Crippen LogP contribution >= 0.6 is 0 Å². The Labute approximate surface area is 138 Å². The molecule has 0 aliphatic rings. The fraction of sp³-hybridized carbons (Fsp3) is 0.450. The summed E-state index contributed by atoms with van der Waals surface area (Å²) >= 11 is 0. The fourth-order valence-corrected chi connectivity index (χ4v) is 2.86. The predicted molar refractivity (Wildman–Crippen MR) is 96.9 cm³/mol. The molecule has 0 heterocycles. The van der Waals surface area contributed by atoms with E-state index in [9.17, 15) is 9.90 Å². The minimum atomic E-state index is 0.0504. The van der Waals surface area contributed by atoms with Crippen LogP contribution in [0.25, 0.3) is 10.8 Å². The summed E-state index contributed by atoms with van der Waals surface area (Å²) in [4.78, 5) is 12.1. The topological polar surface area (TPSA) is 49.3 Å². The summed E-state index contributed by atoms with van der Waals surface area (Å²) in [6.07, 6.45) is 9.00. The molecule has 3 nitrogen and oxygen atoms in total. The van der Waals surface area contributed by atoms with Crippen molar-refractivity contribution in [3.05, 3.63) is 36.4 Å². The van der Waals surface area contributed by atoms with Crippen molar-refractivity contribution in [2.24, 2.45) is 0 Å². The first-order valence-corrected chi connectivity index (χ1v) is 8.73. The number of carbonyl (C=O) groups excluding carboxylic acids is 1. The molecule has 124 valence electrons. The van der Waals surface area contributed by atoms with Crippen molar-refractivity contribution >= 4 is 22.4 Å². The van der Waals surface area contributed by atoms with Crippen molar-refractivity contribution in [3.8, 4) is 5.75 Å². The highest BCUT2D eigenvalue weighted by atomic mass is 16.3. The average molecular weight is 313 g/mol. The minimum absolute atomic E-state index is 0.0504. The third-order valence-corrected chi connectivity index (χ3v) is 4.18. The van der Waals surface area contributed by atoms with Gasteiger partial charge in [-0.1, -0.05) is 69.7 Å². The van der Waals surface area contributed by atoms with E-state index < -0.39 is 0 Å². The Morgan fingerprint density at radius 2 is 1.57 bits per heavy atom. The van der Waals surface area contributed by atoms with Crippen LogP contribution in [0.2, 0.25) is 0 Å². The Hall–Kier alpha value is -2.03. The minimum Gasteiger partial charge on any atom is -0.507 e. The van der Waals surface area contributed by atoms with Crippen LogP contribution in [0.5, 0.6) is 5.75 Å². The maximum absolute atomic E-state index is 12.1. The number of hydrogen-bond donors (Lipinski definition) is 2. The predicted octanol–water partition coefficient (Wildman–Crippen LogP) is 5.62. The van der Waals surface area contributed by atoms with Crippen molar-refractivity contribution in [3.63, 3.8) is 0 Å². The van der Waals surface area contributed by atoms with Gasteiger partial charge in [0.2, 0.25) is 5.91 Å². The molecule has 0 aliphatic heterocycles. The Morgan fingerprint density at radius 3 is 2.35 bits per heavy atom. The Bertz CT molecular complexity index is 637. The Kier molecular flexibility index (Phi) is 6.92. The SMILES string of the molecule is CCCCCCCCCC(=O)Nc1cccc2c(O)cccc12. The van der Waals surface area contributed by atoms with Crippen molar-refractivity contribution in [2.75, 3.05) is 5.32 Å². The number of phenolic OH excluding ortho intramolecular Hbond substituents is 1. The van der Waals surface area contributed by atoms with E-state index in [1.807, 2.05) is 24.3 Å². The van der Waals surface area contributed by atoms with Gasteiger partial charge in [-0.05, 0) is 18.6 Å². The molecule has 0 atom stereocenters. The lowest BCUT2D eigenvalue weighted by molar-refractivity contribution is -0.116. The van der Waals surface area contributed by atoms with Crippen LogP contribution in [-0.2, 0) is 4.79 Å². The number of anilines is 1. The number of unbranched alkanes of at least 4 members (excludes halogenated alkanes) is 6. The number of aromatic hydroxyl groups is 1. The molecule has 2 aromatic carbocycles. The molecular formula is C20H27NO2. The molecule has 0 radical (unpaired) electrons. The van der Waals surface area contributed by atoms with E-state index in [4.69, 9.17) is 0 Å². The van der Waals surface area contributed by atoms with Gasteiger partial charge in [0.1, 0.15) is 5.75 Å². The van der Waals surface area contributed by atoms with E-state index >= 15 is 0 Å². The van der Waals surface area contributed by atoms with Crippen LogP contribution in [0.4, 0.5) is 5.69 Å². The number of benzene rings is 2. The molecule has 0 spiro atoms. The van der Waals surface area contributed by atoms with Gasteiger partial charge in [-0.15, -0.1) is 0 Å². The average Bonchev–Trinajstić information content (AvgIpc) is 2.55. The van der Waals surface area contributed by atoms with Gasteiger partial charge in [0.25, 0.3) is 0 Å². The standard InChI is InChI=1S/C20H27NO2/c1-2-3-4-5-6-7-8-15-20(23)21-18-13-9-12-17-16(18)11-10-14-19(17)22/h9-14,22H,2-8,15H2,1H3,(H,21,23). The Morgan fingerprint density at radius 1 is 0.913 bits per heavy atom. The summed E-state index contributed by atoms with van der Waals surface area (Å²) in [7, 11) is 0. The van der Waals surface area contributed by atoms with E-state index in [2.05, 4.69) is 12.2 Å². The summed E-state index contributed by atoms with van der Waals surface area (Å²) in [5, 5.41) is 14.5. The number of rotatable bonds is 9. The summed E-state index contributed by atoms with van der Waals surface area (Å²) in [5.41, 5.74) is 0.770. The molecule has 1 amide bonds. The maximum Gasteiger partial charge on any atom is 0.224 e. The third-order valence-electron chi connectivity index (χ3n) is 4.18. The van der Waals surface area contributed by atoms with Gasteiger partial charge in [-0.3, -0.25) is 4.79 Å². The van der Waals surface area contributed by atoms with Crippen LogP contribution in [0.1, 0.15) is 58.3 Å². The first-order chi connectivity index (χ1) is 11.2. The zero-order chi connectivity index (χ0) is 16.5. The van der Waals surface area contributed by atoms with Crippen molar-refractivity contribution in [2.45, 2.75) is 58.3 Å². The summed E-state index contributed by atoms with van der Waals surface area (Å²) in [6.45, 7) is 2.22. The van der Waals surface area contributed by atoms with Gasteiger partial charge in [0, 0.05) is 22.9 Å². The van der Waals surface area contributed by atoms with Gasteiger partial charge in [0.05, 0.1) is 0 Å². The number of nitrogens with one attached hydrogen (secondary N) is 1. The van der Waals surface area contributed by atoms with Crippen LogP contribution in [0, 0.1) is 0 Å². The second-order valence-electron chi connectivity index (χ2n) is 6.10. The lowest BCUT2D eigenvalue weighted by Crippen LogP contribution is -2.11. The number of hydrogen-bond acceptors (Lipinski definition) is 2. The molecule has 2 rings (SSSR count). The highest BCUT2D eigenvalue weighted by Gasteiger charge is 2.07. The third kappa shape index (κ3) is 5.27. The molecular weight excluding hydrogens is 286 g/mol. The first-order valence-electron chi connectivity index (χ1n) is 8.73. The van der Waals surface area contributed by atoms with Crippen LogP contribution in [0.15, 0.2) is 36.4 Å². The summed E-state index contributed by atoms with van der Waals surface area (Å²) < 4.78 is 0. The van der Waals surface area contributed by atoms with Crippen LogP contribution in [0.3, 0.4) is 0 Å². The van der Waals surface area contributed by atoms with E-state index in [0.717, 1.165) is 29.3 Å². The lowest BCUT2D eigenvalue weighted by atomic mass is 10.1. The molecule has 3 heteroatoms. The van der Waals surface area contributed by atoms with Crippen LogP contribution < -0.4 is 5.32 Å². The Balaban J connectivity index is 1.81. The summed E-state index contributed by atoms with van der Waals surface area (Å²) in [6, 6.07) is 11.0. The quantitative estimate of drug-likeness (QED) is 0.590. The normalized spacial score (nSPS) is 10.8. The molecule has 0 unspecified atom stereocenters. The number of amides is 1. The zero-order valence-electron chi connectivity index (χ0n) is 14.0. The van der Waals surface area contributed by atoms with Crippen molar-refractivity contribution in [1.29, 1.82) is 0 Å². The smallest absolute Gasteiger partial charge is 0.224 e. The van der Waals surface area contributed by atoms with Crippen LogP contribution in [-0.4, -0.2) is 11.0 Å². The maximum atomic E-state index is 12.1. The van der Waals surface area contributed by atoms with E-state index in [-0.39, 0.29) is 11.7 Å². The molecule has 0 bridgehead atoms. The van der Waals surface area contributed by atoms with Gasteiger partial charge >= 0.3 is 0 Å². The number of carbonyl (C=O) groups is 1. The number of phenols is 1. The molecule has 23 heavy (non-hydrogen) atoms. The lowest BCUT2D eigenvalue weighted by Gasteiger charge is -2.09. The molecule has 0 saturated carbocycles. The second-order valence-corrected chi connectivity index (χ2v) is 6.10. The fourth-order valence-electron chi connectivity index (χ4n) is 2.86. The van der Waals surface area contributed by atoms with Crippen molar-refractivity contribution in [1.82, 2.24) is 0 Å². The molecule has 2 N–H and O–H groups in total. The van der Waals surface area contributed by atoms with Gasteiger partial charge in [-0.25, -0.2) is 0 Å². The largest absolute Gasteiger partial charge is 0.507 e. The molecule has 0 aromatic heterocycles. The van der Waals surface area contributed by atoms with Gasteiger partial charge < -0.3 is 10.4 Å². The van der Waals surface area contributed by atoms with E-state index in [0.29, 0.717) is 6.42 Å². The molecule has 0 saturated heterocycles. The monoisotopic (exact) mass is 313 g/mol. The highest BCUT2D eigenvalue weighted by Crippen LogP contribution is 2.29. The van der Waals surface area contributed by atoms with E-state index in [1.54, 1.807) is 12.1 Å². The number of fused-ring (bicyclic) bond motifs is 1. The van der Waals surface area contributed by atoms with E-state index in [1.165, 1.54) is 32.1 Å². The second kappa shape index (κ2) is 9.19. The zero-order valence-corrected chi connectivity index (χ0v) is 14.0. The molecule has 0 fully saturated rings. The highest BCUT2D eigenvalue weighted by molar-refractivity contribution is 6.03. The molecule has 2 aromatic rings. The van der Waals surface area contributed by atoms with Gasteiger partial charge in [-0.2, -0.15) is 0 Å². The summed E-state index contributed by atoms with van der Waals surface area (Å²) in [5.74, 6) is 0.292. The van der Waals surface area contributed by atoms with Crippen molar-refractivity contribution < 1.29 is 9.90 Å². The molecule has 0 aliphatic carbocycles. The first kappa shape index (κ1) is 17.3. The van der Waals surface area contributed by atoms with Gasteiger partial charge in [0.15, 0.2) is 0 Å².